The summed E-state index contributed by atoms with van der Waals surface area (Å²) in [5, 5.41) is 16.8. The minimum Gasteiger partial charge on any atom is -0.461 e. The van der Waals surface area contributed by atoms with Gasteiger partial charge in [-0.1, -0.05) is 24.4 Å². The second kappa shape index (κ2) is 5.73. The molecule has 0 aliphatic heterocycles. The number of aliphatic hydroxyl groups is 1. The molecule has 1 aliphatic carbocycles. The topological polar surface area (TPSA) is 88.5 Å². The monoisotopic (exact) mass is 290 g/mol. The second-order valence-electron chi connectivity index (χ2n) is 5.52. The molecule has 1 aliphatic rings. The number of carbonyl (C=O) groups is 1. The molecule has 2 aromatic rings. The van der Waals surface area contributed by atoms with Crippen LogP contribution in [0.1, 0.15) is 42.6 Å². The van der Waals surface area contributed by atoms with E-state index in [1.807, 2.05) is 0 Å². The maximum absolute atomic E-state index is 12.0. The molecule has 0 saturated heterocycles. The molecule has 2 N–H and O–H groups in total. The van der Waals surface area contributed by atoms with Gasteiger partial charge in [-0.05, 0) is 25.0 Å². The molecule has 2 heterocycles. The Balaban J connectivity index is 1.61. The third-order valence-electron chi connectivity index (χ3n) is 3.87. The SMILES string of the molecule is O=C(NCC1(O)CCCCC1)c1cc(-c2ccco2)on1. The highest BCUT2D eigenvalue weighted by atomic mass is 16.5. The van der Waals surface area contributed by atoms with Crippen molar-refractivity contribution < 1.29 is 18.8 Å². The molecule has 0 spiro atoms. The fourth-order valence-corrected chi connectivity index (χ4v) is 2.64. The maximum atomic E-state index is 12.0. The van der Waals surface area contributed by atoms with Crippen LogP contribution in [0.3, 0.4) is 0 Å². The van der Waals surface area contributed by atoms with Crippen LogP contribution in [0, 0.1) is 0 Å². The summed E-state index contributed by atoms with van der Waals surface area (Å²) in [6.07, 6.45) is 6.12. The zero-order valence-electron chi connectivity index (χ0n) is 11.7. The van der Waals surface area contributed by atoms with Gasteiger partial charge in [0, 0.05) is 12.6 Å². The van der Waals surface area contributed by atoms with E-state index in [0.29, 0.717) is 11.5 Å². The number of nitrogens with zero attached hydrogens (tertiary/aromatic N) is 1. The van der Waals surface area contributed by atoms with Crippen molar-refractivity contribution in [3.63, 3.8) is 0 Å². The lowest BCUT2D eigenvalue weighted by Gasteiger charge is -2.31. The van der Waals surface area contributed by atoms with Crippen molar-refractivity contribution in [3.05, 3.63) is 30.2 Å². The van der Waals surface area contributed by atoms with Crippen LogP contribution in [0.2, 0.25) is 0 Å². The zero-order chi connectivity index (χ0) is 14.7. The highest BCUT2D eigenvalue weighted by Gasteiger charge is 2.30. The average Bonchev–Trinajstić information content (AvgIpc) is 3.16. The number of carbonyl (C=O) groups excluding carboxylic acids is 1. The first-order valence-electron chi connectivity index (χ1n) is 7.17. The lowest BCUT2D eigenvalue weighted by molar-refractivity contribution is 0.00518. The summed E-state index contributed by atoms with van der Waals surface area (Å²) in [6, 6.07) is 4.99. The van der Waals surface area contributed by atoms with Crippen LogP contribution >= 0.6 is 0 Å². The summed E-state index contributed by atoms with van der Waals surface area (Å²) in [6.45, 7) is 0.245. The zero-order valence-corrected chi connectivity index (χ0v) is 11.7. The normalized spacial score (nSPS) is 17.6. The number of hydrogen-bond acceptors (Lipinski definition) is 5. The Morgan fingerprint density at radius 2 is 2.14 bits per heavy atom. The average molecular weight is 290 g/mol. The van der Waals surface area contributed by atoms with Crippen LogP contribution in [0.5, 0.6) is 0 Å². The Morgan fingerprint density at radius 1 is 1.33 bits per heavy atom. The lowest BCUT2D eigenvalue weighted by atomic mass is 9.85. The van der Waals surface area contributed by atoms with Gasteiger partial charge in [-0.25, -0.2) is 0 Å². The molecule has 0 bridgehead atoms. The Bertz CT molecular complexity index is 597. The van der Waals surface area contributed by atoms with Gasteiger partial charge < -0.3 is 19.4 Å². The minimum absolute atomic E-state index is 0.181. The highest BCUT2D eigenvalue weighted by Crippen LogP contribution is 2.27. The number of rotatable bonds is 4. The fraction of sp³-hybridized carbons (Fsp3) is 0.467. The Hall–Kier alpha value is -2.08. The van der Waals surface area contributed by atoms with E-state index in [9.17, 15) is 9.90 Å². The van der Waals surface area contributed by atoms with Gasteiger partial charge in [0.2, 0.25) is 5.76 Å². The van der Waals surface area contributed by atoms with Crippen LogP contribution in [0.15, 0.2) is 33.4 Å². The van der Waals surface area contributed by atoms with E-state index in [2.05, 4.69) is 10.5 Å². The summed E-state index contributed by atoms with van der Waals surface area (Å²) >= 11 is 0. The van der Waals surface area contributed by atoms with Crippen molar-refractivity contribution in [2.45, 2.75) is 37.7 Å². The van der Waals surface area contributed by atoms with Crippen LogP contribution in [-0.4, -0.2) is 28.3 Å². The van der Waals surface area contributed by atoms with Crippen LogP contribution in [-0.2, 0) is 0 Å². The molecule has 0 unspecified atom stereocenters. The summed E-state index contributed by atoms with van der Waals surface area (Å²) in [4.78, 5) is 12.0. The summed E-state index contributed by atoms with van der Waals surface area (Å²) in [5.74, 6) is 0.574. The van der Waals surface area contributed by atoms with Gasteiger partial charge in [0.15, 0.2) is 11.5 Å². The maximum Gasteiger partial charge on any atom is 0.273 e. The number of nitrogens with one attached hydrogen (secondary N) is 1. The van der Waals surface area contributed by atoms with E-state index in [-0.39, 0.29) is 18.1 Å². The first-order valence-corrected chi connectivity index (χ1v) is 7.17. The first kappa shape index (κ1) is 13.9. The van der Waals surface area contributed by atoms with Gasteiger partial charge in [-0.15, -0.1) is 0 Å². The molecule has 6 nitrogen and oxygen atoms in total. The summed E-state index contributed by atoms with van der Waals surface area (Å²) in [5.41, 5.74) is -0.609. The van der Waals surface area contributed by atoms with E-state index < -0.39 is 5.60 Å². The molecule has 0 radical (unpaired) electrons. The molecule has 2 aromatic heterocycles. The molecule has 6 heteroatoms. The van der Waals surface area contributed by atoms with E-state index in [0.717, 1.165) is 32.1 Å². The van der Waals surface area contributed by atoms with Crippen LogP contribution < -0.4 is 5.32 Å². The number of amides is 1. The van der Waals surface area contributed by atoms with Crippen molar-refractivity contribution in [3.8, 4) is 11.5 Å². The molecule has 0 atom stereocenters. The van der Waals surface area contributed by atoms with Gasteiger partial charge in [0.1, 0.15) is 0 Å². The largest absolute Gasteiger partial charge is 0.461 e. The summed E-state index contributed by atoms with van der Waals surface area (Å²) in [7, 11) is 0. The van der Waals surface area contributed by atoms with Gasteiger partial charge in [-0.2, -0.15) is 0 Å². The standard InChI is InChI=1S/C15H18N2O4/c18-14(16-10-15(19)6-2-1-3-7-15)11-9-13(21-17-11)12-5-4-8-20-12/h4-5,8-9,19H,1-3,6-7,10H2,(H,16,18). The number of furan rings is 1. The highest BCUT2D eigenvalue weighted by molar-refractivity contribution is 5.92. The third-order valence-corrected chi connectivity index (χ3v) is 3.87. The number of hydrogen-bond donors (Lipinski definition) is 2. The van der Waals surface area contributed by atoms with Crippen LogP contribution in [0.25, 0.3) is 11.5 Å². The van der Waals surface area contributed by atoms with Gasteiger partial charge in [0.25, 0.3) is 5.91 Å². The molecule has 3 rings (SSSR count). The molecule has 21 heavy (non-hydrogen) atoms. The predicted octanol–water partition coefficient (Wildman–Crippen LogP) is 2.36. The van der Waals surface area contributed by atoms with Crippen molar-refractivity contribution in [1.29, 1.82) is 0 Å². The first-order chi connectivity index (χ1) is 10.2. The van der Waals surface area contributed by atoms with E-state index in [4.69, 9.17) is 8.94 Å². The van der Waals surface area contributed by atoms with Crippen LogP contribution in [0.4, 0.5) is 0 Å². The molecule has 0 aromatic carbocycles. The minimum atomic E-state index is -0.790. The van der Waals surface area contributed by atoms with E-state index >= 15 is 0 Å². The van der Waals surface area contributed by atoms with E-state index in [1.165, 1.54) is 12.3 Å². The van der Waals surface area contributed by atoms with E-state index in [1.54, 1.807) is 12.1 Å². The lowest BCUT2D eigenvalue weighted by Crippen LogP contribution is -2.44. The van der Waals surface area contributed by atoms with Crippen molar-refractivity contribution in [2.24, 2.45) is 0 Å². The Labute approximate surface area is 122 Å². The predicted molar refractivity (Wildman–Crippen MR) is 74.6 cm³/mol. The fourth-order valence-electron chi connectivity index (χ4n) is 2.64. The van der Waals surface area contributed by atoms with Gasteiger partial charge in [-0.3, -0.25) is 4.79 Å². The molecule has 112 valence electrons. The molecular weight excluding hydrogens is 272 g/mol. The Morgan fingerprint density at radius 3 is 2.86 bits per heavy atom. The van der Waals surface area contributed by atoms with Gasteiger partial charge in [0.05, 0.1) is 11.9 Å². The quantitative estimate of drug-likeness (QED) is 0.902. The Kier molecular flexibility index (Phi) is 3.79. The number of aromatic nitrogens is 1. The summed E-state index contributed by atoms with van der Waals surface area (Å²) < 4.78 is 10.3. The molecule has 1 saturated carbocycles. The molecular formula is C15H18N2O4. The van der Waals surface area contributed by atoms with Gasteiger partial charge >= 0.3 is 0 Å². The van der Waals surface area contributed by atoms with Crippen molar-refractivity contribution >= 4 is 5.91 Å². The van der Waals surface area contributed by atoms with Crippen molar-refractivity contribution in [1.82, 2.24) is 10.5 Å². The molecule has 1 fully saturated rings. The smallest absolute Gasteiger partial charge is 0.273 e. The third kappa shape index (κ3) is 3.16. The molecule has 1 amide bonds. The second-order valence-corrected chi connectivity index (χ2v) is 5.52. The van der Waals surface area contributed by atoms with Crippen molar-refractivity contribution in [2.75, 3.05) is 6.54 Å².